The van der Waals surface area contributed by atoms with E-state index < -0.39 is 15.8 Å². The Labute approximate surface area is 159 Å². The number of para-hydroxylation sites is 1. The predicted molar refractivity (Wildman–Crippen MR) is 104 cm³/mol. The second-order valence-electron chi connectivity index (χ2n) is 5.71. The van der Waals surface area contributed by atoms with E-state index in [0.717, 1.165) is 10.6 Å². The average Bonchev–Trinajstić information content (AvgIpc) is 3.34. The van der Waals surface area contributed by atoms with Gasteiger partial charge in [0.15, 0.2) is 0 Å². The molecule has 4 rings (SSSR count). The van der Waals surface area contributed by atoms with Crippen molar-refractivity contribution in [3.05, 3.63) is 84.1 Å². The van der Waals surface area contributed by atoms with Gasteiger partial charge in [0.2, 0.25) is 0 Å². The molecule has 0 saturated heterocycles. The maximum Gasteiger partial charge on any atom is 0.265 e. The van der Waals surface area contributed by atoms with E-state index in [0.29, 0.717) is 5.69 Å². The summed E-state index contributed by atoms with van der Waals surface area (Å²) in [4.78, 5) is 0.794. The number of benzene rings is 2. The molecule has 0 atom stereocenters. The average molecular weight is 399 g/mol. The van der Waals surface area contributed by atoms with Crippen molar-refractivity contribution in [2.75, 3.05) is 4.72 Å². The first-order valence-electron chi connectivity index (χ1n) is 8.00. The second kappa shape index (κ2) is 6.98. The lowest BCUT2D eigenvalue weighted by atomic mass is 10.3. The van der Waals surface area contributed by atoms with Crippen molar-refractivity contribution in [1.29, 1.82) is 0 Å². The van der Waals surface area contributed by atoms with Gasteiger partial charge >= 0.3 is 0 Å². The van der Waals surface area contributed by atoms with Crippen LogP contribution in [0.15, 0.2) is 83.2 Å². The monoisotopic (exact) mass is 399 g/mol. The molecule has 0 amide bonds. The van der Waals surface area contributed by atoms with Crippen molar-refractivity contribution in [2.24, 2.45) is 0 Å². The van der Waals surface area contributed by atoms with E-state index in [1.165, 1.54) is 46.5 Å². The minimum absolute atomic E-state index is 0.0538. The minimum Gasteiger partial charge on any atom is -0.280 e. The second-order valence-corrected chi connectivity index (χ2v) is 8.31. The molecule has 0 unspecified atom stereocenters. The van der Waals surface area contributed by atoms with Gasteiger partial charge < -0.3 is 0 Å². The minimum atomic E-state index is -3.92. The SMILES string of the molecule is O=S(=O)(Nc1ccc(F)cc1)c1cn(-c2ccccc2)nc1-c1cccs1. The lowest BCUT2D eigenvalue weighted by molar-refractivity contribution is 0.601. The molecule has 2 aromatic carbocycles. The van der Waals surface area contributed by atoms with Gasteiger partial charge in [0.05, 0.1) is 16.8 Å². The topological polar surface area (TPSA) is 64.0 Å². The first-order valence-corrected chi connectivity index (χ1v) is 10.4. The van der Waals surface area contributed by atoms with Crippen LogP contribution in [0.3, 0.4) is 0 Å². The van der Waals surface area contributed by atoms with Gasteiger partial charge in [-0.15, -0.1) is 11.3 Å². The molecule has 2 heterocycles. The summed E-state index contributed by atoms with van der Waals surface area (Å²) in [5.74, 6) is -0.436. The van der Waals surface area contributed by atoms with Crippen LogP contribution in [0.5, 0.6) is 0 Å². The number of rotatable bonds is 5. The lowest BCUT2D eigenvalue weighted by Crippen LogP contribution is -2.13. The van der Waals surface area contributed by atoms with Crippen LogP contribution in [0, 0.1) is 5.82 Å². The smallest absolute Gasteiger partial charge is 0.265 e. The Bertz CT molecular complexity index is 1150. The van der Waals surface area contributed by atoms with Gasteiger partial charge in [-0.2, -0.15) is 5.10 Å². The Kier molecular flexibility index (Phi) is 4.51. The van der Waals surface area contributed by atoms with E-state index in [9.17, 15) is 12.8 Å². The van der Waals surface area contributed by atoms with Crippen molar-refractivity contribution >= 4 is 27.0 Å². The Morgan fingerprint density at radius 2 is 1.70 bits per heavy atom. The molecule has 0 saturated carbocycles. The first kappa shape index (κ1) is 17.4. The number of nitrogens with zero attached hydrogens (tertiary/aromatic N) is 2. The van der Waals surface area contributed by atoms with E-state index >= 15 is 0 Å². The number of hydrogen-bond donors (Lipinski definition) is 1. The third-order valence-corrected chi connectivity index (χ3v) is 6.10. The number of sulfonamides is 1. The first-order chi connectivity index (χ1) is 13.0. The van der Waals surface area contributed by atoms with Gasteiger partial charge in [-0.1, -0.05) is 24.3 Å². The quantitative estimate of drug-likeness (QED) is 0.536. The molecule has 0 radical (unpaired) electrons. The van der Waals surface area contributed by atoms with Crippen LogP contribution in [0.1, 0.15) is 0 Å². The van der Waals surface area contributed by atoms with Crippen molar-refractivity contribution in [3.8, 4) is 16.3 Å². The van der Waals surface area contributed by atoms with Gasteiger partial charge in [-0.25, -0.2) is 17.5 Å². The van der Waals surface area contributed by atoms with Crippen molar-refractivity contribution in [3.63, 3.8) is 0 Å². The van der Waals surface area contributed by atoms with Crippen LogP contribution >= 0.6 is 11.3 Å². The maximum absolute atomic E-state index is 13.1. The summed E-state index contributed by atoms with van der Waals surface area (Å²) in [6.45, 7) is 0. The highest BCUT2D eigenvalue weighted by molar-refractivity contribution is 7.92. The molecule has 136 valence electrons. The third-order valence-electron chi connectivity index (χ3n) is 3.84. The van der Waals surface area contributed by atoms with E-state index in [4.69, 9.17) is 0 Å². The molecule has 2 aromatic heterocycles. The van der Waals surface area contributed by atoms with Gasteiger partial charge in [-0.05, 0) is 47.8 Å². The lowest BCUT2D eigenvalue weighted by Gasteiger charge is -2.07. The summed E-state index contributed by atoms with van der Waals surface area (Å²) >= 11 is 1.41. The maximum atomic E-state index is 13.1. The Morgan fingerprint density at radius 3 is 2.37 bits per heavy atom. The predicted octanol–water partition coefficient (Wildman–Crippen LogP) is 4.54. The summed E-state index contributed by atoms with van der Waals surface area (Å²) < 4.78 is 43.1. The zero-order valence-electron chi connectivity index (χ0n) is 13.9. The fraction of sp³-hybridized carbons (Fsp3) is 0. The highest BCUT2D eigenvalue weighted by atomic mass is 32.2. The molecular formula is C19H14FN3O2S2. The molecular weight excluding hydrogens is 385 g/mol. The molecule has 0 aliphatic carbocycles. The van der Waals surface area contributed by atoms with Crippen molar-refractivity contribution in [2.45, 2.75) is 4.90 Å². The highest BCUT2D eigenvalue weighted by Gasteiger charge is 2.25. The van der Waals surface area contributed by atoms with Crippen LogP contribution in [-0.4, -0.2) is 18.2 Å². The zero-order chi connectivity index (χ0) is 18.9. The fourth-order valence-electron chi connectivity index (χ4n) is 2.58. The highest BCUT2D eigenvalue weighted by Crippen LogP contribution is 2.31. The van der Waals surface area contributed by atoms with Gasteiger partial charge in [0, 0.05) is 5.69 Å². The number of nitrogens with one attached hydrogen (secondary N) is 1. The molecule has 0 spiro atoms. The van der Waals surface area contributed by atoms with Gasteiger partial charge in [0.1, 0.15) is 16.4 Å². The van der Waals surface area contributed by atoms with Crippen LogP contribution < -0.4 is 4.72 Å². The summed E-state index contributed by atoms with van der Waals surface area (Å²) in [7, 11) is -3.92. The Hall–Kier alpha value is -2.97. The standard InChI is InChI=1S/C19H14FN3O2S2/c20-14-8-10-15(11-9-14)22-27(24,25)18-13-23(16-5-2-1-3-6-16)21-19(18)17-7-4-12-26-17/h1-13,22H. The molecule has 27 heavy (non-hydrogen) atoms. The number of anilines is 1. The number of thiophene rings is 1. The molecule has 0 fully saturated rings. The largest absolute Gasteiger partial charge is 0.280 e. The van der Waals surface area contributed by atoms with E-state index in [1.54, 1.807) is 0 Å². The van der Waals surface area contributed by atoms with Crippen molar-refractivity contribution < 1.29 is 12.8 Å². The van der Waals surface area contributed by atoms with E-state index in [2.05, 4.69) is 9.82 Å². The third kappa shape index (κ3) is 3.62. The van der Waals surface area contributed by atoms with Gasteiger partial charge in [-0.3, -0.25) is 4.72 Å². The molecule has 1 N–H and O–H groups in total. The molecule has 0 aliphatic heterocycles. The summed E-state index contributed by atoms with van der Waals surface area (Å²) in [5.41, 5.74) is 1.39. The Morgan fingerprint density at radius 1 is 0.963 bits per heavy atom. The van der Waals surface area contributed by atoms with Crippen LogP contribution in [0.4, 0.5) is 10.1 Å². The molecule has 8 heteroatoms. The molecule has 4 aromatic rings. The van der Waals surface area contributed by atoms with Crippen LogP contribution in [0.25, 0.3) is 16.3 Å². The number of aromatic nitrogens is 2. The van der Waals surface area contributed by atoms with Crippen LogP contribution in [0.2, 0.25) is 0 Å². The number of halogens is 1. The van der Waals surface area contributed by atoms with Crippen molar-refractivity contribution in [1.82, 2.24) is 9.78 Å². The Balaban J connectivity index is 1.80. The fourth-order valence-corrected chi connectivity index (χ4v) is 4.57. The summed E-state index contributed by atoms with van der Waals surface area (Å²) in [6, 6.07) is 18.1. The number of hydrogen-bond acceptors (Lipinski definition) is 4. The zero-order valence-corrected chi connectivity index (χ0v) is 15.5. The summed E-state index contributed by atoms with van der Waals surface area (Å²) in [5, 5.41) is 6.35. The van der Waals surface area contributed by atoms with Crippen LogP contribution in [-0.2, 0) is 10.0 Å². The molecule has 0 bridgehead atoms. The molecule has 0 aliphatic rings. The summed E-state index contributed by atoms with van der Waals surface area (Å²) in [6.07, 6.45) is 1.48. The molecule has 5 nitrogen and oxygen atoms in total. The van der Waals surface area contributed by atoms with E-state index in [1.807, 2.05) is 47.8 Å². The van der Waals surface area contributed by atoms with Gasteiger partial charge in [0.25, 0.3) is 10.0 Å². The normalized spacial score (nSPS) is 11.4. The van der Waals surface area contributed by atoms with E-state index in [-0.39, 0.29) is 10.6 Å².